The van der Waals surface area contributed by atoms with Crippen LogP contribution in [0, 0.1) is 11.8 Å². The summed E-state index contributed by atoms with van der Waals surface area (Å²) in [6.07, 6.45) is 1.34. The minimum Gasteiger partial charge on any atom is -0.497 e. The zero-order valence-electron chi connectivity index (χ0n) is 17.4. The lowest BCUT2D eigenvalue weighted by Crippen LogP contribution is -2.52. The first-order valence-corrected chi connectivity index (χ1v) is 11.1. The molecule has 0 aromatic heterocycles. The Labute approximate surface area is 185 Å². The number of halogens is 1. The van der Waals surface area contributed by atoms with E-state index in [0.29, 0.717) is 12.8 Å². The Morgan fingerprint density at radius 1 is 1.27 bits per heavy atom. The van der Waals surface area contributed by atoms with Crippen molar-refractivity contribution < 1.29 is 24.1 Å². The third-order valence-electron chi connectivity index (χ3n) is 6.37. The number of ether oxygens (including phenoxy) is 3. The van der Waals surface area contributed by atoms with Crippen molar-refractivity contribution in [2.24, 2.45) is 11.8 Å². The van der Waals surface area contributed by atoms with Gasteiger partial charge in [-0.1, -0.05) is 24.3 Å². The number of hydrogen-bond donors (Lipinski definition) is 1. The summed E-state index contributed by atoms with van der Waals surface area (Å²) in [5.41, 5.74) is 1.58. The zero-order chi connectivity index (χ0) is 21.5. The molecule has 2 aromatic rings. The highest BCUT2D eigenvalue weighted by molar-refractivity contribution is 9.10. The van der Waals surface area contributed by atoms with Gasteiger partial charge in [-0.3, -0.25) is 4.79 Å². The summed E-state index contributed by atoms with van der Waals surface area (Å²) in [5.74, 6) is 0.197. The zero-order valence-corrected chi connectivity index (χ0v) is 19.0. The van der Waals surface area contributed by atoms with E-state index >= 15 is 0 Å². The molecule has 1 saturated heterocycles. The number of aryl methyl sites for hydroxylation is 1. The summed E-state index contributed by atoms with van der Waals surface area (Å²) in [4.78, 5) is 12.1. The molecule has 2 heterocycles. The Balaban J connectivity index is 1.61. The average molecular weight is 475 g/mol. The summed E-state index contributed by atoms with van der Waals surface area (Å²) in [5, 5.41) is 9.94. The van der Waals surface area contributed by atoms with Gasteiger partial charge in [0.15, 0.2) is 0 Å². The molecule has 0 spiro atoms. The molecule has 1 fully saturated rings. The number of methoxy groups -OCH3 is 1. The van der Waals surface area contributed by atoms with Crippen LogP contribution < -0.4 is 9.47 Å². The lowest BCUT2D eigenvalue weighted by atomic mass is 9.71. The summed E-state index contributed by atoms with van der Waals surface area (Å²) in [7, 11) is 1.65. The minimum absolute atomic E-state index is 0.0338. The van der Waals surface area contributed by atoms with Crippen molar-refractivity contribution in [1.29, 1.82) is 0 Å². The van der Waals surface area contributed by atoms with Gasteiger partial charge in [0.05, 0.1) is 29.7 Å². The van der Waals surface area contributed by atoms with Crippen LogP contribution in [0.4, 0.5) is 0 Å². The molecule has 160 valence electrons. The van der Waals surface area contributed by atoms with Crippen LogP contribution >= 0.6 is 15.9 Å². The van der Waals surface area contributed by atoms with Crippen molar-refractivity contribution >= 4 is 21.9 Å². The number of aliphatic carboxylic acids is 1. The molecule has 4 atom stereocenters. The Kier molecular flexibility index (Phi) is 5.82. The average Bonchev–Trinajstić information content (AvgIpc) is 2.72. The fourth-order valence-electron chi connectivity index (χ4n) is 4.73. The standard InChI is InChI=1S/C24H27BrO5/c1-24(2)18-13-17(23(26)27)20(11-10-14-6-4-7-15(12-14)28-3)29-21(18)16-8-5-9-19(25)22(16)30-24/h4-9,12,17-18,20-21H,10-11,13H2,1-3H3,(H,26,27)/t17-,18-,20-,21+/m0/s1. The summed E-state index contributed by atoms with van der Waals surface area (Å²) in [6, 6.07) is 13.8. The predicted molar refractivity (Wildman–Crippen MR) is 117 cm³/mol. The van der Waals surface area contributed by atoms with E-state index in [0.717, 1.165) is 33.5 Å². The van der Waals surface area contributed by atoms with Gasteiger partial charge in [0.25, 0.3) is 0 Å². The normalized spacial score (nSPS) is 26.8. The molecule has 0 aliphatic carbocycles. The van der Waals surface area contributed by atoms with Crippen LogP contribution in [0.1, 0.15) is 43.9 Å². The van der Waals surface area contributed by atoms with Crippen molar-refractivity contribution in [2.45, 2.75) is 50.9 Å². The van der Waals surface area contributed by atoms with Crippen LogP contribution in [-0.2, 0) is 16.0 Å². The summed E-state index contributed by atoms with van der Waals surface area (Å²) < 4.78 is 19.0. The molecule has 0 unspecified atom stereocenters. The highest BCUT2D eigenvalue weighted by atomic mass is 79.9. The first-order chi connectivity index (χ1) is 14.3. The highest BCUT2D eigenvalue weighted by Crippen LogP contribution is 2.54. The van der Waals surface area contributed by atoms with E-state index in [1.807, 2.05) is 56.3 Å². The molecule has 2 aliphatic heterocycles. The second kappa shape index (κ2) is 8.23. The van der Waals surface area contributed by atoms with Gasteiger partial charge < -0.3 is 19.3 Å². The molecule has 6 heteroatoms. The second-order valence-corrected chi connectivity index (χ2v) is 9.49. The quantitative estimate of drug-likeness (QED) is 0.627. The van der Waals surface area contributed by atoms with Crippen LogP contribution in [0.5, 0.6) is 11.5 Å². The van der Waals surface area contributed by atoms with E-state index in [4.69, 9.17) is 14.2 Å². The fraction of sp³-hybridized carbons (Fsp3) is 0.458. The van der Waals surface area contributed by atoms with Gasteiger partial charge in [0, 0.05) is 11.5 Å². The fourth-order valence-corrected chi connectivity index (χ4v) is 5.19. The molecular formula is C24H27BrO5. The minimum atomic E-state index is -0.806. The van der Waals surface area contributed by atoms with Crippen LogP contribution in [0.25, 0.3) is 0 Å². The van der Waals surface area contributed by atoms with Crippen LogP contribution in [0.15, 0.2) is 46.9 Å². The molecule has 30 heavy (non-hydrogen) atoms. The molecule has 0 saturated carbocycles. The van der Waals surface area contributed by atoms with E-state index in [-0.39, 0.29) is 18.1 Å². The Morgan fingerprint density at radius 3 is 2.77 bits per heavy atom. The first-order valence-electron chi connectivity index (χ1n) is 10.3. The largest absolute Gasteiger partial charge is 0.497 e. The first kappa shape index (κ1) is 21.2. The SMILES string of the molecule is COc1cccc(CC[C@@H]2O[C@@H]3c4cccc(Br)c4OC(C)(C)[C@H]3C[C@@H]2C(=O)O)c1. The molecule has 5 nitrogen and oxygen atoms in total. The van der Waals surface area contributed by atoms with Gasteiger partial charge in [-0.15, -0.1) is 0 Å². The van der Waals surface area contributed by atoms with E-state index in [1.165, 1.54) is 0 Å². The molecule has 0 amide bonds. The predicted octanol–water partition coefficient (Wildman–Crippen LogP) is 5.41. The maximum absolute atomic E-state index is 12.1. The maximum atomic E-state index is 12.1. The van der Waals surface area contributed by atoms with Crippen LogP contribution in [-0.4, -0.2) is 29.9 Å². The van der Waals surface area contributed by atoms with Gasteiger partial charge in [-0.05, 0) is 72.8 Å². The van der Waals surface area contributed by atoms with Crippen molar-refractivity contribution in [3.63, 3.8) is 0 Å². The molecule has 0 radical (unpaired) electrons. The third-order valence-corrected chi connectivity index (χ3v) is 7.00. The third kappa shape index (κ3) is 3.95. The number of benzene rings is 2. The summed E-state index contributed by atoms with van der Waals surface area (Å²) >= 11 is 3.59. The molecule has 1 N–H and O–H groups in total. The van der Waals surface area contributed by atoms with Crippen LogP contribution in [0.2, 0.25) is 0 Å². The van der Waals surface area contributed by atoms with Gasteiger partial charge in [0.2, 0.25) is 0 Å². The number of rotatable bonds is 5. The number of fused-ring (bicyclic) bond motifs is 3. The molecule has 0 bridgehead atoms. The van der Waals surface area contributed by atoms with E-state index in [2.05, 4.69) is 15.9 Å². The lowest BCUT2D eigenvalue weighted by molar-refractivity contribution is -0.188. The summed E-state index contributed by atoms with van der Waals surface area (Å²) in [6.45, 7) is 4.04. The maximum Gasteiger partial charge on any atom is 0.309 e. The van der Waals surface area contributed by atoms with Crippen molar-refractivity contribution in [3.8, 4) is 11.5 Å². The van der Waals surface area contributed by atoms with Gasteiger partial charge in [-0.2, -0.15) is 0 Å². The Morgan fingerprint density at radius 2 is 2.03 bits per heavy atom. The van der Waals surface area contributed by atoms with E-state index in [1.54, 1.807) is 7.11 Å². The van der Waals surface area contributed by atoms with Crippen molar-refractivity contribution in [1.82, 2.24) is 0 Å². The monoisotopic (exact) mass is 474 g/mol. The number of para-hydroxylation sites is 1. The van der Waals surface area contributed by atoms with Gasteiger partial charge >= 0.3 is 5.97 Å². The number of carbonyl (C=O) groups is 1. The van der Waals surface area contributed by atoms with Crippen LogP contribution in [0.3, 0.4) is 0 Å². The molecule has 4 rings (SSSR count). The number of carboxylic acid groups (broad SMARTS) is 1. The van der Waals surface area contributed by atoms with E-state index < -0.39 is 17.5 Å². The molecular weight excluding hydrogens is 448 g/mol. The Hall–Kier alpha value is -2.05. The Bertz CT molecular complexity index is 941. The van der Waals surface area contributed by atoms with E-state index in [9.17, 15) is 9.90 Å². The molecule has 2 aliphatic rings. The number of carboxylic acids is 1. The van der Waals surface area contributed by atoms with Crippen molar-refractivity contribution in [2.75, 3.05) is 7.11 Å². The topological polar surface area (TPSA) is 65.0 Å². The highest BCUT2D eigenvalue weighted by Gasteiger charge is 2.52. The van der Waals surface area contributed by atoms with Gasteiger partial charge in [0.1, 0.15) is 17.1 Å². The second-order valence-electron chi connectivity index (χ2n) is 8.64. The van der Waals surface area contributed by atoms with Gasteiger partial charge in [-0.25, -0.2) is 0 Å². The molecule has 2 aromatic carbocycles. The lowest BCUT2D eigenvalue weighted by Gasteiger charge is -2.50. The number of hydrogen-bond acceptors (Lipinski definition) is 4. The van der Waals surface area contributed by atoms with Crippen molar-refractivity contribution in [3.05, 3.63) is 58.1 Å². The smallest absolute Gasteiger partial charge is 0.309 e.